The molecule has 7 heteroatoms. The fourth-order valence-electron chi connectivity index (χ4n) is 5.12. The van der Waals surface area contributed by atoms with E-state index in [0.717, 1.165) is 42.1 Å². The average molecular weight is 650 g/mol. The Kier molecular flexibility index (Phi) is 17.9. The van der Waals surface area contributed by atoms with Gasteiger partial charge in [0.2, 0.25) is 5.91 Å². The van der Waals surface area contributed by atoms with E-state index in [2.05, 4.69) is 35.6 Å². The molecule has 2 aromatic carbocycles. The summed E-state index contributed by atoms with van der Waals surface area (Å²) in [5.74, 6) is 0.920. The number of unbranched alkanes of at least 4 members (excludes halogenated alkanes) is 11. The zero-order valence-corrected chi connectivity index (χ0v) is 27.7. The van der Waals surface area contributed by atoms with Crippen molar-refractivity contribution in [3.8, 4) is 5.75 Å². The van der Waals surface area contributed by atoms with E-state index in [1.807, 2.05) is 18.2 Å². The van der Waals surface area contributed by atoms with Crippen LogP contribution in [-0.2, 0) is 17.8 Å². The summed E-state index contributed by atoms with van der Waals surface area (Å²) in [7, 11) is 0. The number of amides is 1. The first kappa shape index (κ1) is 35.2. The Morgan fingerprint density at radius 2 is 1.61 bits per heavy atom. The quantitative estimate of drug-likeness (QED) is 0.134. The van der Waals surface area contributed by atoms with Crippen LogP contribution < -0.4 is 9.64 Å². The highest BCUT2D eigenvalue weighted by Crippen LogP contribution is 2.23. The Bertz CT molecular complexity index is 1050. The van der Waals surface area contributed by atoms with Gasteiger partial charge in [0.1, 0.15) is 0 Å². The van der Waals surface area contributed by atoms with E-state index in [0.29, 0.717) is 25.3 Å². The molecule has 1 aliphatic heterocycles. The number of benzene rings is 2. The number of hydrogen-bond acceptors (Lipinski definition) is 4. The van der Waals surface area contributed by atoms with Gasteiger partial charge in [-0.25, -0.2) is 4.39 Å². The first-order valence-corrected chi connectivity index (χ1v) is 16.4. The molecule has 0 radical (unpaired) electrons. The van der Waals surface area contributed by atoms with Gasteiger partial charge in [0.15, 0.2) is 11.6 Å². The van der Waals surface area contributed by atoms with Crippen molar-refractivity contribution in [3.05, 3.63) is 71.0 Å². The lowest BCUT2D eigenvalue weighted by molar-refractivity contribution is -0.116. The third kappa shape index (κ3) is 13.7. The van der Waals surface area contributed by atoms with Crippen LogP contribution in [0.5, 0.6) is 5.75 Å². The number of carbonyl (C=O) groups excluding carboxylic acids is 1. The van der Waals surface area contributed by atoms with Gasteiger partial charge < -0.3 is 14.5 Å². The molecule has 0 bridgehead atoms. The molecule has 0 aliphatic carbocycles. The van der Waals surface area contributed by atoms with Gasteiger partial charge in [0.25, 0.3) is 0 Å². The van der Waals surface area contributed by atoms with E-state index in [9.17, 15) is 9.18 Å². The molecule has 3 rings (SSSR count). The number of rotatable bonds is 20. The fraction of sp³-hybridized carbons (Fsp3) is 0.559. The van der Waals surface area contributed by atoms with Gasteiger partial charge in [0, 0.05) is 31.9 Å². The van der Waals surface area contributed by atoms with Gasteiger partial charge in [-0.15, -0.1) is 28.7 Å². The Hall–Kier alpha value is -1.99. The average Bonchev–Trinajstić information content (AvgIpc) is 3.45. The smallest absolute Gasteiger partial charge is 0.223 e. The van der Waals surface area contributed by atoms with Crippen molar-refractivity contribution in [2.45, 2.75) is 104 Å². The second kappa shape index (κ2) is 20.8. The van der Waals surface area contributed by atoms with Gasteiger partial charge >= 0.3 is 0 Å². The van der Waals surface area contributed by atoms with Crippen molar-refractivity contribution in [2.24, 2.45) is 0 Å². The Morgan fingerprint density at radius 1 is 0.927 bits per heavy atom. The summed E-state index contributed by atoms with van der Waals surface area (Å²) in [6, 6.07) is 13.3. The predicted molar refractivity (Wildman–Crippen MR) is 179 cm³/mol. The van der Waals surface area contributed by atoms with Crippen molar-refractivity contribution in [3.63, 3.8) is 0 Å². The van der Waals surface area contributed by atoms with E-state index in [4.69, 9.17) is 4.74 Å². The molecule has 0 spiro atoms. The molecule has 228 valence electrons. The minimum atomic E-state index is -0.329. The van der Waals surface area contributed by atoms with Gasteiger partial charge in [-0.1, -0.05) is 95.8 Å². The van der Waals surface area contributed by atoms with Crippen LogP contribution in [0.1, 0.15) is 102 Å². The summed E-state index contributed by atoms with van der Waals surface area (Å²) in [6.07, 6.45) is 18.2. The summed E-state index contributed by atoms with van der Waals surface area (Å²) in [5, 5.41) is 2.10. The van der Waals surface area contributed by atoms with Crippen LogP contribution in [0.15, 0.2) is 54.1 Å². The Morgan fingerprint density at radius 3 is 2.22 bits per heavy atom. The summed E-state index contributed by atoms with van der Waals surface area (Å²) in [6.45, 7) is 5.71. The highest BCUT2D eigenvalue weighted by Gasteiger charge is 2.14. The zero-order valence-electron chi connectivity index (χ0n) is 25.1. The highest BCUT2D eigenvalue weighted by molar-refractivity contribution is 8.93. The lowest BCUT2D eigenvalue weighted by atomic mass is 10.1. The first-order valence-electron chi connectivity index (χ1n) is 15.4. The van der Waals surface area contributed by atoms with Crippen molar-refractivity contribution in [1.82, 2.24) is 4.90 Å². The van der Waals surface area contributed by atoms with Crippen LogP contribution in [0.2, 0.25) is 0 Å². The van der Waals surface area contributed by atoms with E-state index < -0.39 is 0 Å². The van der Waals surface area contributed by atoms with E-state index in [1.165, 1.54) is 64.2 Å². The van der Waals surface area contributed by atoms with Crippen LogP contribution in [0.3, 0.4) is 0 Å². The second-order valence-electron chi connectivity index (χ2n) is 10.9. The van der Waals surface area contributed by atoms with Crippen LogP contribution in [0, 0.1) is 5.82 Å². The van der Waals surface area contributed by atoms with E-state index in [1.54, 1.807) is 35.7 Å². The van der Waals surface area contributed by atoms with E-state index in [-0.39, 0.29) is 28.7 Å². The molecule has 0 saturated carbocycles. The largest absolute Gasteiger partial charge is 0.491 e. The van der Waals surface area contributed by atoms with Gasteiger partial charge in [-0.3, -0.25) is 4.79 Å². The number of ether oxygens (including phenoxy) is 1. The second-order valence-corrected chi connectivity index (χ2v) is 11.8. The standard InChI is InChI=1S/C34H49FN2O2S.BrH/c1-3-4-5-6-7-8-9-10-11-12-13-14-23-39-34-19-18-30(26-33(34)35)20-21-37(29(2)38)32-17-15-16-31(25-32)27-36-22-24-40-28-36;/h15-19,22,24-26H,3-14,20-21,23,27-28H2,1-2H3;1H. The molecule has 0 unspecified atom stereocenters. The maximum atomic E-state index is 14.7. The van der Waals surface area contributed by atoms with Gasteiger partial charge in [-0.05, 0) is 53.6 Å². The van der Waals surface area contributed by atoms with Crippen molar-refractivity contribution < 1.29 is 13.9 Å². The molecule has 0 saturated heterocycles. The summed E-state index contributed by atoms with van der Waals surface area (Å²) in [4.78, 5) is 16.5. The molecule has 1 aliphatic rings. The van der Waals surface area contributed by atoms with Crippen LogP contribution in [0.25, 0.3) is 0 Å². The number of thioether (sulfide) groups is 1. The predicted octanol–water partition coefficient (Wildman–Crippen LogP) is 10.1. The molecule has 4 nitrogen and oxygen atoms in total. The molecule has 1 heterocycles. The molecule has 2 aromatic rings. The van der Waals surface area contributed by atoms with E-state index >= 15 is 0 Å². The number of hydrogen-bond donors (Lipinski definition) is 0. The van der Waals surface area contributed by atoms with Crippen LogP contribution in [0.4, 0.5) is 10.1 Å². The normalized spacial score (nSPS) is 12.4. The minimum absolute atomic E-state index is 0. The Labute approximate surface area is 262 Å². The molecule has 0 N–H and O–H groups in total. The fourth-order valence-corrected chi connectivity index (χ4v) is 5.83. The molecular weight excluding hydrogens is 599 g/mol. The third-order valence-corrected chi connectivity index (χ3v) is 8.27. The van der Waals surface area contributed by atoms with Crippen LogP contribution in [-0.4, -0.2) is 29.8 Å². The monoisotopic (exact) mass is 648 g/mol. The topological polar surface area (TPSA) is 32.8 Å². The van der Waals surface area contributed by atoms with Crippen molar-refractivity contribution in [2.75, 3.05) is 23.9 Å². The third-order valence-electron chi connectivity index (χ3n) is 7.47. The molecule has 41 heavy (non-hydrogen) atoms. The minimum Gasteiger partial charge on any atom is -0.491 e. The first-order chi connectivity index (χ1) is 19.6. The van der Waals surface area contributed by atoms with Crippen molar-refractivity contribution in [1.29, 1.82) is 0 Å². The molecular formula is C34H50BrFN2O2S. The number of anilines is 1. The van der Waals surface area contributed by atoms with Crippen LogP contribution >= 0.6 is 28.7 Å². The maximum absolute atomic E-state index is 14.7. The number of halogens is 2. The summed E-state index contributed by atoms with van der Waals surface area (Å²) >= 11 is 1.78. The number of nitrogens with zero attached hydrogens (tertiary/aromatic N) is 2. The lowest BCUT2D eigenvalue weighted by Crippen LogP contribution is -2.30. The summed E-state index contributed by atoms with van der Waals surface area (Å²) in [5.41, 5.74) is 2.90. The summed E-state index contributed by atoms with van der Waals surface area (Å²) < 4.78 is 20.5. The molecule has 1 amide bonds. The van der Waals surface area contributed by atoms with Gasteiger partial charge in [-0.2, -0.15) is 0 Å². The molecule has 0 atom stereocenters. The lowest BCUT2D eigenvalue weighted by Gasteiger charge is -2.23. The maximum Gasteiger partial charge on any atom is 0.223 e. The van der Waals surface area contributed by atoms with Crippen molar-refractivity contribution >= 4 is 40.3 Å². The molecule has 0 aromatic heterocycles. The molecule has 0 fully saturated rings. The highest BCUT2D eigenvalue weighted by atomic mass is 79.9. The zero-order chi connectivity index (χ0) is 28.4. The van der Waals surface area contributed by atoms with Gasteiger partial charge in [0.05, 0.1) is 12.5 Å². The number of carbonyl (C=O) groups is 1. The Balaban J connectivity index is 0.00000588. The SMILES string of the molecule is Br.CCCCCCCCCCCCCCOc1ccc(CCN(C(C)=O)c2cccc(CN3C=CSC3)c2)cc1F.